The molecule has 6 heteroatoms. The van der Waals surface area contributed by atoms with Gasteiger partial charge in [-0.1, -0.05) is 36.4 Å². The molecule has 6 nitrogen and oxygen atoms in total. The molecule has 0 N–H and O–H groups in total. The van der Waals surface area contributed by atoms with Gasteiger partial charge in [-0.15, -0.1) is 0 Å². The van der Waals surface area contributed by atoms with E-state index in [1.165, 1.54) is 5.39 Å². The molecule has 2 aromatic heterocycles. The normalized spacial score (nSPS) is 14.7. The smallest absolute Gasteiger partial charge is 0.274 e. The zero-order chi connectivity index (χ0) is 18.2. The second kappa shape index (κ2) is 6.48. The van der Waals surface area contributed by atoms with Crippen LogP contribution < -0.4 is 0 Å². The van der Waals surface area contributed by atoms with Crippen LogP contribution in [0.25, 0.3) is 27.7 Å². The summed E-state index contributed by atoms with van der Waals surface area (Å²) in [6, 6.07) is 18.2. The Kier molecular flexibility index (Phi) is 3.83. The van der Waals surface area contributed by atoms with Gasteiger partial charge in [0.15, 0.2) is 11.3 Å². The Balaban J connectivity index is 1.58. The van der Waals surface area contributed by atoms with Crippen LogP contribution in [0.3, 0.4) is 0 Å². The minimum absolute atomic E-state index is 0.0757. The fraction of sp³-hybridized carbons (Fsp3) is 0.190. The number of hydrogen-bond acceptors (Lipinski definition) is 4. The first-order valence-corrected chi connectivity index (χ1v) is 9.00. The van der Waals surface area contributed by atoms with Crippen molar-refractivity contribution in [1.82, 2.24) is 19.5 Å². The highest BCUT2D eigenvalue weighted by Crippen LogP contribution is 2.25. The summed E-state index contributed by atoms with van der Waals surface area (Å²) in [6.07, 6.45) is 1.75. The number of carbonyl (C=O) groups is 1. The summed E-state index contributed by atoms with van der Waals surface area (Å²) in [5.74, 6) is -0.0757. The highest BCUT2D eigenvalue weighted by molar-refractivity contribution is 5.93. The van der Waals surface area contributed by atoms with Gasteiger partial charge in [0, 0.05) is 30.9 Å². The molecule has 1 saturated heterocycles. The van der Waals surface area contributed by atoms with Gasteiger partial charge in [0.25, 0.3) is 5.91 Å². The average molecular weight is 358 g/mol. The van der Waals surface area contributed by atoms with E-state index in [0.717, 1.165) is 16.6 Å². The first-order chi connectivity index (χ1) is 13.3. The Morgan fingerprint density at radius 2 is 1.78 bits per heavy atom. The summed E-state index contributed by atoms with van der Waals surface area (Å²) >= 11 is 0. The van der Waals surface area contributed by atoms with E-state index in [1.807, 2.05) is 18.2 Å². The van der Waals surface area contributed by atoms with Crippen LogP contribution >= 0.6 is 0 Å². The monoisotopic (exact) mass is 358 g/mol. The molecular weight excluding hydrogens is 340 g/mol. The third-order valence-corrected chi connectivity index (χ3v) is 4.92. The SMILES string of the molecule is O=C(c1cc2nccc(-c3ccc4ccccc4c3)n2n1)N1CCOCC1. The first-order valence-electron chi connectivity index (χ1n) is 9.00. The van der Waals surface area contributed by atoms with E-state index >= 15 is 0 Å². The van der Waals surface area contributed by atoms with Crippen LogP contribution in [0.4, 0.5) is 0 Å². The number of aromatic nitrogens is 3. The Bertz CT molecular complexity index is 1150. The molecule has 0 bridgehead atoms. The van der Waals surface area contributed by atoms with Gasteiger partial charge in [-0.05, 0) is 22.9 Å². The second-order valence-electron chi connectivity index (χ2n) is 6.60. The Hall–Kier alpha value is -3.25. The van der Waals surface area contributed by atoms with Crippen LogP contribution in [0, 0.1) is 0 Å². The van der Waals surface area contributed by atoms with Crippen molar-refractivity contribution in [3.63, 3.8) is 0 Å². The zero-order valence-corrected chi connectivity index (χ0v) is 14.7. The van der Waals surface area contributed by atoms with Crippen molar-refractivity contribution in [2.75, 3.05) is 26.3 Å². The first kappa shape index (κ1) is 16.0. The lowest BCUT2D eigenvalue weighted by molar-refractivity contribution is 0.0299. The minimum atomic E-state index is -0.0757. The number of carbonyl (C=O) groups excluding carboxylic acids is 1. The molecule has 3 heterocycles. The van der Waals surface area contributed by atoms with Crippen LogP contribution in [-0.4, -0.2) is 51.7 Å². The predicted molar refractivity (Wildman–Crippen MR) is 103 cm³/mol. The molecule has 134 valence electrons. The molecule has 2 aromatic carbocycles. The summed E-state index contributed by atoms with van der Waals surface area (Å²) < 4.78 is 7.07. The van der Waals surface area contributed by atoms with Crippen molar-refractivity contribution in [3.05, 3.63) is 66.5 Å². The third-order valence-electron chi connectivity index (χ3n) is 4.92. The van der Waals surface area contributed by atoms with Crippen LogP contribution in [-0.2, 0) is 4.74 Å². The fourth-order valence-electron chi connectivity index (χ4n) is 3.50. The number of rotatable bonds is 2. The molecule has 27 heavy (non-hydrogen) atoms. The highest BCUT2D eigenvalue weighted by Gasteiger charge is 2.22. The lowest BCUT2D eigenvalue weighted by atomic mass is 10.1. The molecule has 0 saturated carbocycles. The molecule has 1 fully saturated rings. The molecule has 0 spiro atoms. The number of nitrogens with zero attached hydrogens (tertiary/aromatic N) is 4. The van der Waals surface area contributed by atoms with E-state index < -0.39 is 0 Å². The lowest BCUT2D eigenvalue weighted by Crippen LogP contribution is -2.40. The average Bonchev–Trinajstić information content (AvgIpc) is 3.18. The van der Waals surface area contributed by atoms with Gasteiger partial charge in [0.1, 0.15) is 0 Å². The third kappa shape index (κ3) is 2.84. The standard InChI is InChI=1S/C21H18N4O2/c26-21(24-9-11-27-12-10-24)18-14-20-22-8-7-19(25(20)23-18)17-6-5-15-3-1-2-4-16(15)13-17/h1-8,13-14H,9-12H2. The van der Waals surface area contributed by atoms with Crippen molar-refractivity contribution >= 4 is 22.3 Å². The van der Waals surface area contributed by atoms with E-state index in [4.69, 9.17) is 4.74 Å². The summed E-state index contributed by atoms with van der Waals surface area (Å²) in [4.78, 5) is 18.9. The summed E-state index contributed by atoms with van der Waals surface area (Å²) in [5, 5.41) is 6.92. The lowest BCUT2D eigenvalue weighted by Gasteiger charge is -2.25. The van der Waals surface area contributed by atoms with E-state index in [-0.39, 0.29) is 5.91 Å². The maximum Gasteiger partial charge on any atom is 0.274 e. The minimum Gasteiger partial charge on any atom is -0.378 e. The van der Waals surface area contributed by atoms with E-state index in [0.29, 0.717) is 37.6 Å². The van der Waals surface area contributed by atoms with Crippen molar-refractivity contribution in [3.8, 4) is 11.3 Å². The predicted octanol–water partition coefficient (Wildman–Crippen LogP) is 3.02. The summed E-state index contributed by atoms with van der Waals surface area (Å²) in [5.41, 5.74) is 3.02. The van der Waals surface area contributed by atoms with Gasteiger partial charge in [-0.2, -0.15) is 5.10 Å². The maximum atomic E-state index is 12.8. The van der Waals surface area contributed by atoms with Gasteiger partial charge in [-0.3, -0.25) is 4.79 Å². The van der Waals surface area contributed by atoms with Crippen molar-refractivity contribution < 1.29 is 9.53 Å². The van der Waals surface area contributed by atoms with E-state index in [2.05, 4.69) is 40.4 Å². The van der Waals surface area contributed by atoms with Gasteiger partial charge < -0.3 is 9.64 Å². The second-order valence-corrected chi connectivity index (χ2v) is 6.60. The fourth-order valence-corrected chi connectivity index (χ4v) is 3.50. The van der Waals surface area contributed by atoms with Crippen LogP contribution in [0.2, 0.25) is 0 Å². The van der Waals surface area contributed by atoms with E-state index in [1.54, 1.807) is 21.7 Å². The molecule has 0 radical (unpaired) electrons. The van der Waals surface area contributed by atoms with Crippen molar-refractivity contribution in [2.24, 2.45) is 0 Å². The topological polar surface area (TPSA) is 59.7 Å². The van der Waals surface area contributed by atoms with Crippen LogP contribution in [0.1, 0.15) is 10.5 Å². The number of hydrogen-bond donors (Lipinski definition) is 0. The number of morpholine rings is 1. The molecule has 0 atom stereocenters. The van der Waals surface area contributed by atoms with Crippen LogP contribution in [0.5, 0.6) is 0 Å². The molecule has 4 aromatic rings. The molecule has 1 aliphatic heterocycles. The van der Waals surface area contributed by atoms with Gasteiger partial charge >= 0.3 is 0 Å². The molecule has 1 amide bonds. The highest BCUT2D eigenvalue weighted by atomic mass is 16.5. The number of benzene rings is 2. The van der Waals surface area contributed by atoms with Gasteiger partial charge in [-0.25, -0.2) is 9.50 Å². The molecule has 0 unspecified atom stereocenters. The number of ether oxygens (including phenoxy) is 1. The molecule has 5 rings (SSSR count). The Morgan fingerprint density at radius 3 is 2.63 bits per heavy atom. The quantitative estimate of drug-likeness (QED) is 0.553. The van der Waals surface area contributed by atoms with E-state index in [9.17, 15) is 4.79 Å². The largest absolute Gasteiger partial charge is 0.378 e. The Morgan fingerprint density at radius 1 is 0.963 bits per heavy atom. The van der Waals surface area contributed by atoms with Crippen molar-refractivity contribution in [2.45, 2.75) is 0 Å². The van der Waals surface area contributed by atoms with Gasteiger partial charge in [0.2, 0.25) is 0 Å². The molecule has 0 aliphatic carbocycles. The summed E-state index contributed by atoms with van der Waals surface area (Å²) in [6.45, 7) is 2.33. The number of amides is 1. The maximum absolute atomic E-state index is 12.8. The van der Waals surface area contributed by atoms with Gasteiger partial charge in [0.05, 0.1) is 18.9 Å². The number of fused-ring (bicyclic) bond motifs is 2. The Labute approximate surface area is 156 Å². The zero-order valence-electron chi connectivity index (χ0n) is 14.7. The summed E-state index contributed by atoms with van der Waals surface area (Å²) in [7, 11) is 0. The molecular formula is C21H18N4O2. The molecule has 1 aliphatic rings. The van der Waals surface area contributed by atoms with Crippen LogP contribution in [0.15, 0.2) is 60.8 Å². The van der Waals surface area contributed by atoms with Crippen molar-refractivity contribution in [1.29, 1.82) is 0 Å².